The molecule has 0 aliphatic heterocycles. The van der Waals surface area contributed by atoms with Crippen LogP contribution in [0, 0.1) is 35.0 Å². The van der Waals surface area contributed by atoms with Gasteiger partial charge in [-0.25, -0.2) is 9.97 Å². The Bertz CT molecular complexity index is 4150. The molecule has 0 spiro atoms. The van der Waals surface area contributed by atoms with Crippen molar-refractivity contribution in [1.82, 2.24) is 19.9 Å². The van der Waals surface area contributed by atoms with Gasteiger partial charge in [0.25, 0.3) is 0 Å². The van der Waals surface area contributed by atoms with Crippen LogP contribution in [0.5, 0.6) is 0 Å². The SMILES string of the molecule is Brc1cnc2[nH]ccc2c1.N#Cc1cnc2[nH]ccc2c1.[C-]#N.[C-]#N.[Pd].[Zn+2].c1ccc(P(c2ccccc2)c2ccccc2)cc1.c1ccc(P(c2ccccc2)c2ccccc2)cc1.c1ccc(P(c2ccccc2)c2ccccc2)cc1.c1ccc(P(c2ccccc2)c2ccccc2)cc1. The van der Waals surface area contributed by atoms with Gasteiger partial charge in [0.1, 0.15) is 17.4 Å². The van der Waals surface area contributed by atoms with E-state index in [4.69, 9.17) is 28.9 Å². The van der Waals surface area contributed by atoms with Crippen molar-refractivity contribution in [2.45, 2.75) is 0 Å². The van der Waals surface area contributed by atoms with Gasteiger partial charge in [0, 0.05) is 60.5 Å². The van der Waals surface area contributed by atoms with Crippen LogP contribution >= 0.6 is 47.6 Å². The minimum absolute atomic E-state index is 0. The molecule has 12 aromatic carbocycles. The summed E-state index contributed by atoms with van der Waals surface area (Å²) in [5.74, 6) is 0. The minimum atomic E-state index is -0.446. The molecule has 0 bridgehead atoms. The molecule has 0 amide bonds. The summed E-state index contributed by atoms with van der Waals surface area (Å²) in [7, 11) is -1.78. The Morgan fingerprint density at radius 3 is 0.631 bits per heavy atom. The molecule has 0 radical (unpaired) electrons. The molecule has 500 valence electrons. The first-order chi connectivity index (χ1) is 50.1. The number of nitrogens with one attached hydrogen (secondary N) is 2. The second-order valence-corrected chi connectivity index (χ2v) is 31.5. The fourth-order valence-electron chi connectivity index (χ4n) is 10.6. The van der Waals surface area contributed by atoms with Gasteiger partial charge in [0.15, 0.2) is 0 Å². The van der Waals surface area contributed by atoms with E-state index in [1.165, 1.54) is 63.7 Å². The quantitative estimate of drug-likeness (QED) is 0.0715. The molecule has 7 nitrogen and oxygen atoms in total. The van der Waals surface area contributed by atoms with Gasteiger partial charge >= 0.3 is 19.5 Å². The molecule has 0 saturated heterocycles. The Labute approximate surface area is 645 Å². The first-order valence-electron chi connectivity index (χ1n) is 32.2. The predicted octanol–water partition coefficient (Wildman–Crippen LogP) is 17.7. The van der Waals surface area contributed by atoms with Gasteiger partial charge in [-0.05, 0) is 136 Å². The molecule has 103 heavy (non-hydrogen) atoms. The van der Waals surface area contributed by atoms with Crippen LogP contribution in [-0.4, -0.2) is 19.9 Å². The molecule has 0 saturated carbocycles. The number of pyridine rings is 2. The second-order valence-electron chi connectivity index (χ2n) is 21.7. The molecule has 2 N–H and O–H groups in total. The van der Waals surface area contributed by atoms with E-state index >= 15 is 0 Å². The Morgan fingerprint density at radius 2 is 0.447 bits per heavy atom. The van der Waals surface area contributed by atoms with Crippen LogP contribution in [0.15, 0.2) is 418 Å². The number of aromatic amines is 2. The second kappa shape index (κ2) is 45.8. The standard InChI is InChI=1S/4C18H15P.C8H5N3.C7H5BrN2.2CN.Pd.Zn/c4*1-4-10-16(11-5-1)19(17-12-6-2-7-13-17)18-14-8-3-9-15-18;9-4-6-3-7-1-2-10-8(7)11-5-6;8-6-3-5-1-2-9-7(5)10-4-6;2*1-2;;/h4*1-15H;1-3,5H,(H,10,11);1-4H,(H,9,10);;;;/q;;;;;;2*-1;;+2. The Kier molecular flexibility index (Phi) is 35.7. The van der Waals surface area contributed by atoms with Gasteiger partial charge < -0.3 is 33.6 Å². The van der Waals surface area contributed by atoms with Crippen molar-refractivity contribution in [2.75, 3.05) is 0 Å². The summed E-state index contributed by atoms with van der Waals surface area (Å²) < 4.78 is 1.01. The number of hydrogen-bond acceptors (Lipinski definition) is 5. The molecule has 16 aromatic rings. The third-order valence-corrected chi connectivity index (χ3v) is 25.3. The van der Waals surface area contributed by atoms with Gasteiger partial charge in [-0.3, -0.25) is 0 Å². The summed E-state index contributed by atoms with van der Waals surface area (Å²) in [4.78, 5) is 14.1. The molecule has 0 atom stereocenters. The zero-order valence-corrected chi connectivity index (χ0v) is 65.9. The van der Waals surface area contributed by atoms with Gasteiger partial charge in [-0.1, -0.05) is 364 Å². The van der Waals surface area contributed by atoms with Crippen LogP contribution in [0.1, 0.15) is 5.56 Å². The number of halogens is 1. The van der Waals surface area contributed by atoms with Crippen molar-refractivity contribution >= 4 is 133 Å². The number of fused-ring (bicyclic) bond motifs is 2. The minimum Gasteiger partial charge on any atom is -0.512 e. The number of nitriles is 1. The monoisotopic (exact) mass is 1610 g/mol. The van der Waals surface area contributed by atoms with E-state index in [2.05, 4.69) is 400 Å². The summed E-state index contributed by atoms with van der Waals surface area (Å²) in [6, 6.07) is 139. The normalized spacial score (nSPS) is 9.90. The molecule has 4 heterocycles. The fourth-order valence-corrected chi connectivity index (χ4v) is 20.2. The Hall–Kier alpha value is -10.0. The van der Waals surface area contributed by atoms with Crippen molar-refractivity contribution in [3.63, 3.8) is 0 Å². The molecule has 0 unspecified atom stereocenters. The van der Waals surface area contributed by atoms with Crippen molar-refractivity contribution < 1.29 is 39.9 Å². The Morgan fingerprint density at radius 1 is 0.272 bits per heavy atom. The predicted molar refractivity (Wildman–Crippen MR) is 435 cm³/mol. The van der Waals surface area contributed by atoms with Gasteiger partial charge in [-0.15, -0.1) is 0 Å². The van der Waals surface area contributed by atoms with Crippen LogP contribution < -0.4 is 63.7 Å². The number of nitrogens with zero attached hydrogens (tertiary/aromatic N) is 5. The van der Waals surface area contributed by atoms with Crippen molar-refractivity contribution in [2.24, 2.45) is 0 Å². The van der Waals surface area contributed by atoms with Gasteiger partial charge in [-0.2, -0.15) is 5.26 Å². The van der Waals surface area contributed by atoms with Crippen LogP contribution in [0.2, 0.25) is 0 Å². The van der Waals surface area contributed by atoms with Crippen molar-refractivity contribution in [1.29, 1.82) is 15.8 Å². The van der Waals surface area contributed by atoms with E-state index in [9.17, 15) is 0 Å². The first kappa shape index (κ1) is 80.3. The third-order valence-electron chi connectivity index (χ3n) is 15.1. The van der Waals surface area contributed by atoms with Crippen LogP contribution in [0.4, 0.5) is 0 Å². The molecule has 0 aliphatic carbocycles. The molecule has 14 heteroatoms. The van der Waals surface area contributed by atoms with E-state index in [0.717, 1.165) is 26.5 Å². The summed E-state index contributed by atoms with van der Waals surface area (Å²) >= 11 is 3.34. The zero-order valence-electron chi connectivity index (χ0n) is 56.2. The van der Waals surface area contributed by atoms with E-state index in [0.29, 0.717) is 5.56 Å². The average Bonchev–Trinajstić information content (AvgIpc) is 1.75. The number of aromatic nitrogens is 4. The van der Waals surface area contributed by atoms with E-state index in [1.807, 2.05) is 30.5 Å². The number of benzene rings is 12. The third kappa shape index (κ3) is 24.6. The number of rotatable bonds is 12. The molecule has 16 rings (SSSR count). The maximum Gasteiger partial charge on any atom is 2.00 e. The smallest absolute Gasteiger partial charge is 0.512 e. The van der Waals surface area contributed by atoms with Gasteiger partial charge in [0.05, 0.1) is 5.56 Å². The maximum absolute atomic E-state index is 8.53. The van der Waals surface area contributed by atoms with E-state index in [-0.39, 0.29) is 39.9 Å². The summed E-state index contributed by atoms with van der Waals surface area (Å²) in [6.07, 6.45) is 7.01. The largest absolute Gasteiger partial charge is 2.00 e. The van der Waals surface area contributed by atoms with Crippen molar-refractivity contribution in [3.8, 4) is 6.07 Å². The summed E-state index contributed by atoms with van der Waals surface area (Å²) in [5, 5.41) is 39.9. The summed E-state index contributed by atoms with van der Waals surface area (Å²) in [5.41, 5.74) is 2.35. The Balaban J connectivity index is 0.000000173. The first-order valence-corrected chi connectivity index (χ1v) is 38.4. The van der Waals surface area contributed by atoms with Crippen LogP contribution in [-0.2, 0) is 39.9 Å². The van der Waals surface area contributed by atoms with E-state index < -0.39 is 31.7 Å². The van der Waals surface area contributed by atoms with E-state index in [1.54, 1.807) is 24.7 Å². The van der Waals surface area contributed by atoms with Gasteiger partial charge in [0.2, 0.25) is 0 Å². The maximum atomic E-state index is 8.53. The van der Waals surface area contributed by atoms with Crippen molar-refractivity contribution in [3.05, 3.63) is 436 Å². The topological polar surface area (TPSA) is 129 Å². The molecule has 4 aromatic heterocycles. The molecule has 0 fully saturated rings. The van der Waals surface area contributed by atoms with Crippen LogP contribution in [0.3, 0.4) is 0 Å². The molecular weight excluding hydrogens is 1540 g/mol. The number of H-pyrrole nitrogens is 2. The zero-order chi connectivity index (χ0) is 70.3. The number of hydrogen-bond donors (Lipinski definition) is 2. The average molecular weight is 1610 g/mol. The summed E-state index contributed by atoms with van der Waals surface area (Å²) in [6.45, 7) is 9.50. The fraction of sp³-hybridized carbons (Fsp3) is 0. The molecular formula is C89H70BrN7P4PdZn. The molecule has 0 aliphatic rings. The van der Waals surface area contributed by atoms with Crippen LogP contribution in [0.25, 0.3) is 22.1 Å².